The summed E-state index contributed by atoms with van der Waals surface area (Å²) in [7, 11) is 0. The fraction of sp³-hybridized carbons (Fsp3) is 0.263. The van der Waals surface area contributed by atoms with Crippen LogP contribution >= 0.6 is 11.6 Å². The van der Waals surface area contributed by atoms with E-state index in [0.717, 1.165) is 22.3 Å². The van der Waals surface area contributed by atoms with Crippen LogP contribution in [-0.2, 0) is 39.4 Å². The van der Waals surface area contributed by atoms with Gasteiger partial charge in [0.25, 0.3) is 5.56 Å². The van der Waals surface area contributed by atoms with Gasteiger partial charge in [0, 0.05) is 28.5 Å². The standard InChI is InChI=1S/C38H29ClFN3O6/c1-2-38(47)26-13-30-34-23(15-43(30)35(44)25(26)17-48-36(38)45)32-28(12-11-22-31(32)29(41-34)14-27(40)33(22)39)42-37(46)49-16-24-20-9-5-3-7-18(20)19-8-4-6-10-21(19)24/h3-10,13-14,24,28,47H,2,11-12,15-17H2,1H3,(H,42,46)/t28?,38-/m0/s1. The molecule has 49 heavy (non-hydrogen) atoms. The van der Waals surface area contributed by atoms with E-state index in [1.165, 1.54) is 10.6 Å². The minimum absolute atomic E-state index is 0.00176. The highest BCUT2D eigenvalue weighted by Gasteiger charge is 2.46. The summed E-state index contributed by atoms with van der Waals surface area (Å²) in [4.78, 5) is 44.9. The topological polar surface area (TPSA) is 120 Å². The number of benzene rings is 3. The smallest absolute Gasteiger partial charge is 0.407 e. The van der Waals surface area contributed by atoms with Crippen molar-refractivity contribution in [2.75, 3.05) is 6.61 Å². The van der Waals surface area contributed by atoms with Crippen LogP contribution in [0.3, 0.4) is 0 Å². The number of nitrogens with zero attached hydrogens (tertiary/aromatic N) is 2. The predicted octanol–water partition coefficient (Wildman–Crippen LogP) is 6.40. The maximum absolute atomic E-state index is 15.1. The number of aryl methyl sites for hydroxylation is 1. The van der Waals surface area contributed by atoms with Crippen molar-refractivity contribution in [3.05, 3.63) is 121 Å². The van der Waals surface area contributed by atoms with Gasteiger partial charge in [0.1, 0.15) is 19.0 Å². The van der Waals surface area contributed by atoms with Crippen LogP contribution in [0.2, 0.25) is 5.02 Å². The number of alkyl carbamates (subject to hydrolysis) is 1. The molecule has 2 N–H and O–H groups in total. The molecule has 0 saturated carbocycles. The molecule has 4 heterocycles. The molecule has 5 aromatic rings. The molecule has 246 valence electrons. The molecule has 2 atom stereocenters. The predicted molar refractivity (Wildman–Crippen MR) is 179 cm³/mol. The first-order valence-corrected chi connectivity index (χ1v) is 16.7. The van der Waals surface area contributed by atoms with E-state index in [1.54, 1.807) is 13.0 Å². The minimum Gasteiger partial charge on any atom is -0.458 e. The Morgan fingerprint density at radius 2 is 1.82 bits per heavy atom. The van der Waals surface area contributed by atoms with Crippen molar-refractivity contribution in [2.45, 2.75) is 56.9 Å². The zero-order valence-corrected chi connectivity index (χ0v) is 27.1. The van der Waals surface area contributed by atoms with E-state index in [4.69, 9.17) is 26.1 Å². The van der Waals surface area contributed by atoms with Crippen LogP contribution in [0.4, 0.5) is 9.18 Å². The van der Waals surface area contributed by atoms with E-state index < -0.39 is 35.1 Å². The third kappa shape index (κ3) is 4.20. The van der Waals surface area contributed by atoms with E-state index in [2.05, 4.69) is 29.6 Å². The number of carbonyl (C=O) groups is 2. The zero-order valence-electron chi connectivity index (χ0n) is 26.3. The van der Waals surface area contributed by atoms with Gasteiger partial charge in [-0.2, -0.15) is 0 Å². The average Bonchev–Trinajstić information content (AvgIpc) is 3.64. The Hall–Kier alpha value is -5.06. The number of rotatable bonds is 4. The Kier molecular flexibility index (Phi) is 6.57. The van der Waals surface area contributed by atoms with Crippen LogP contribution in [-0.4, -0.2) is 33.3 Å². The normalized spacial score (nSPS) is 19.8. The maximum atomic E-state index is 15.1. The lowest BCUT2D eigenvalue weighted by atomic mass is 9.83. The number of cyclic esters (lactones) is 1. The Labute approximate surface area is 284 Å². The molecule has 9 nitrogen and oxygen atoms in total. The number of halogens is 2. The molecule has 3 aromatic carbocycles. The summed E-state index contributed by atoms with van der Waals surface area (Å²) in [6.07, 6.45) is 0.198. The van der Waals surface area contributed by atoms with Crippen molar-refractivity contribution < 1.29 is 28.6 Å². The molecular weight excluding hydrogens is 649 g/mol. The Bertz CT molecular complexity index is 2330. The molecule has 0 spiro atoms. The fourth-order valence-electron chi connectivity index (χ4n) is 8.28. The first kappa shape index (κ1) is 30.0. The minimum atomic E-state index is -1.99. The molecule has 4 aliphatic rings. The first-order chi connectivity index (χ1) is 23.7. The lowest BCUT2D eigenvalue weighted by molar-refractivity contribution is -0.172. The van der Waals surface area contributed by atoms with Gasteiger partial charge in [-0.05, 0) is 58.7 Å². The van der Waals surface area contributed by atoms with Gasteiger partial charge in [-0.3, -0.25) is 4.79 Å². The lowest BCUT2D eigenvalue weighted by Gasteiger charge is -2.31. The number of fused-ring (bicyclic) bond motifs is 8. The molecule has 2 aliphatic carbocycles. The largest absolute Gasteiger partial charge is 0.458 e. The summed E-state index contributed by atoms with van der Waals surface area (Å²) in [5, 5.41) is 15.0. The second-order valence-corrected chi connectivity index (χ2v) is 13.4. The number of aliphatic hydroxyl groups is 1. The SMILES string of the molecule is CC[C@@]1(O)C(=O)OCc2c1cc1n(c2=O)Cc2c-1nc1cc(F)c(Cl)c3c1c2C(NC(=O)OCC1c2ccccc2-c2ccccc21)CC3. The monoisotopic (exact) mass is 677 g/mol. The van der Waals surface area contributed by atoms with Crippen LogP contribution in [0.5, 0.6) is 0 Å². The van der Waals surface area contributed by atoms with Crippen molar-refractivity contribution in [3.63, 3.8) is 0 Å². The van der Waals surface area contributed by atoms with Gasteiger partial charge in [0.2, 0.25) is 0 Å². The number of hydrogen-bond acceptors (Lipinski definition) is 7. The fourth-order valence-corrected chi connectivity index (χ4v) is 8.52. The van der Waals surface area contributed by atoms with Crippen LogP contribution < -0.4 is 10.9 Å². The third-order valence-electron chi connectivity index (χ3n) is 10.7. The van der Waals surface area contributed by atoms with E-state index >= 15 is 4.39 Å². The lowest BCUT2D eigenvalue weighted by Crippen LogP contribution is -2.44. The number of nitrogens with one attached hydrogen (secondary N) is 1. The van der Waals surface area contributed by atoms with Gasteiger partial charge >= 0.3 is 12.1 Å². The van der Waals surface area contributed by atoms with E-state index in [9.17, 15) is 19.5 Å². The van der Waals surface area contributed by atoms with Crippen molar-refractivity contribution in [1.82, 2.24) is 14.9 Å². The number of esters is 1. The van der Waals surface area contributed by atoms with Gasteiger partial charge in [0.15, 0.2) is 5.60 Å². The van der Waals surface area contributed by atoms with Crippen LogP contribution in [0.1, 0.15) is 70.7 Å². The summed E-state index contributed by atoms with van der Waals surface area (Å²) >= 11 is 6.51. The number of hydrogen-bond donors (Lipinski definition) is 2. The van der Waals surface area contributed by atoms with Crippen molar-refractivity contribution in [2.24, 2.45) is 0 Å². The maximum Gasteiger partial charge on any atom is 0.407 e. The zero-order chi connectivity index (χ0) is 33.8. The van der Waals surface area contributed by atoms with Crippen molar-refractivity contribution in [1.29, 1.82) is 0 Å². The second kappa shape index (κ2) is 10.7. The quantitative estimate of drug-likeness (QED) is 0.207. The Balaban J connectivity index is 1.11. The van der Waals surface area contributed by atoms with Crippen LogP contribution in [0, 0.1) is 5.82 Å². The molecule has 2 aliphatic heterocycles. The Morgan fingerprint density at radius 1 is 1.10 bits per heavy atom. The molecule has 1 amide bonds. The van der Waals surface area contributed by atoms with Crippen LogP contribution in [0.15, 0.2) is 65.5 Å². The summed E-state index contributed by atoms with van der Waals surface area (Å²) in [5.74, 6) is -1.55. The molecule has 0 fully saturated rings. The summed E-state index contributed by atoms with van der Waals surface area (Å²) in [5.41, 5.74) is 5.51. The van der Waals surface area contributed by atoms with Gasteiger partial charge in [0.05, 0.1) is 40.1 Å². The van der Waals surface area contributed by atoms with Crippen LogP contribution in [0.25, 0.3) is 33.4 Å². The highest BCUT2D eigenvalue weighted by molar-refractivity contribution is 6.32. The Morgan fingerprint density at radius 3 is 2.53 bits per heavy atom. The van der Waals surface area contributed by atoms with E-state index in [1.807, 2.05) is 24.3 Å². The van der Waals surface area contributed by atoms with Crippen molar-refractivity contribution >= 4 is 34.6 Å². The summed E-state index contributed by atoms with van der Waals surface area (Å²) in [6.45, 7) is 1.63. The summed E-state index contributed by atoms with van der Waals surface area (Å²) in [6, 6.07) is 18.5. The van der Waals surface area contributed by atoms with Gasteiger partial charge in [-0.25, -0.2) is 19.0 Å². The molecular formula is C38H29ClFN3O6. The van der Waals surface area contributed by atoms with Gasteiger partial charge in [-0.15, -0.1) is 0 Å². The van der Waals surface area contributed by atoms with E-state index in [-0.39, 0.29) is 48.2 Å². The molecule has 0 bridgehead atoms. The van der Waals surface area contributed by atoms with E-state index in [0.29, 0.717) is 51.8 Å². The molecule has 0 saturated heterocycles. The molecule has 1 unspecified atom stereocenters. The highest BCUT2D eigenvalue weighted by Crippen LogP contribution is 2.47. The number of carbonyl (C=O) groups excluding carboxylic acids is 2. The molecule has 11 heteroatoms. The number of ether oxygens (including phenoxy) is 2. The summed E-state index contributed by atoms with van der Waals surface area (Å²) < 4.78 is 27.8. The van der Waals surface area contributed by atoms with Gasteiger partial charge in [-0.1, -0.05) is 67.1 Å². The third-order valence-corrected chi connectivity index (χ3v) is 11.1. The number of amides is 1. The highest BCUT2D eigenvalue weighted by atomic mass is 35.5. The molecule has 2 aromatic heterocycles. The number of aromatic nitrogens is 2. The molecule has 0 radical (unpaired) electrons. The van der Waals surface area contributed by atoms with Gasteiger partial charge < -0.3 is 24.5 Å². The average molecular weight is 678 g/mol. The second-order valence-electron chi connectivity index (χ2n) is 13.1. The molecule has 9 rings (SSSR count). The first-order valence-electron chi connectivity index (χ1n) is 16.3. The van der Waals surface area contributed by atoms with Crippen molar-refractivity contribution in [3.8, 4) is 22.5 Å². The number of pyridine rings is 2.